The van der Waals surface area contributed by atoms with Crippen LogP contribution in [0.1, 0.15) is 63.9 Å². The molecule has 236 valence electrons. The first-order valence-corrected chi connectivity index (χ1v) is 15.9. The summed E-state index contributed by atoms with van der Waals surface area (Å²) in [6.07, 6.45) is 5.93. The molecule has 2 aromatic heterocycles. The molecule has 12 nitrogen and oxygen atoms in total. The summed E-state index contributed by atoms with van der Waals surface area (Å²) in [5.74, 6) is -0.557. The zero-order valence-corrected chi connectivity index (χ0v) is 26.8. The highest BCUT2D eigenvalue weighted by atomic mass is 32.2. The van der Waals surface area contributed by atoms with E-state index < -0.39 is 33.5 Å². The Labute approximate surface area is 258 Å². The number of hydrogen-bond donors (Lipinski definition) is 4. The maximum atomic E-state index is 13.2. The number of anilines is 1. The Balaban J connectivity index is 1.42. The van der Waals surface area contributed by atoms with Gasteiger partial charge in [0.25, 0.3) is 5.91 Å². The van der Waals surface area contributed by atoms with Crippen LogP contribution in [0.15, 0.2) is 66.0 Å². The fourth-order valence-electron chi connectivity index (χ4n) is 4.44. The van der Waals surface area contributed by atoms with E-state index in [0.29, 0.717) is 24.6 Å². The first-order chi connectivity index (χ1) is 20.6. The molecule has 4 aromatic rings. The van der Waals surface area contributed by atoms with Gasteiger partial charge in [-0.15, -0.1) is 0 Å². The fourth-order valence-corrected chi connectivity index (χ4v) is 5.62. The Morgan fingerprint density at radius 3 is 2.41 bits per heavy atom. The molecule has 0 bridgehead atoms. The molecule has 13 heteroatoms. The predicted molar refractivity (Wildman–Crippen MR) is 169 cm³/mol. The number of esters is 1. The van der Waals surface area contributed by atoms with Crippen LogP contribution in [0.4, 0.5) is 5.95 Å². The lowest BCUT2D eigenvalue weighted by Gasteiger charge is -2.25. The Hall–Kier alpha value is -4.23. The monoisotopic (exact) mass is 623 g/mol. The van der Waals surface area contributed by atoms with Gasteiger partial charge in [0.15, 0.2) is 5.95 Å². The SMILES string of the molecule is CC(C)(C)OC(=O)[C@H](CNC(=O)c1ccc2c(cnn2CCCNc2ncc[nH]2)c1)NS(=O)(=O)c1ccc(C(C)(C)C)cc1. The van der Waals surface area contributed by atoms with E-state index in [1.54, 1.807) is 63.6 Å². The van der Waals surface area contributed by atoms with Crippen molar-refractivity contribution in [3.05, 3.63) is 72.2 Å². The van der Waals surface area contributed by atoms with Gasteiger partial charge in [-0.25, -0.2) is 13.4 Å². The molecule has 0 unspecified atom stereocenters. The highest BCUT2D eigenvalue weighted by molar-refractivity contribution is 7.89. The summed E-state index contributed by atoms with van der Waals surface area (Å²) in [7, 11) is -4.11. The second kappa shape index (κ2) is 13.2. The van der Waals surface area contributed by atoms with E-state index in [2.05, 4.69) is 30.4 Å². The number of fused-ring (bicyclic) bond motifs is 1. The summed E-state index contributed by atoms with van der Waals surface area (Å²) in [5, 5.41) is 11.1. The van der Waals surface area contributed by atoms with Gasteiger partial charge in [0.05, 0.1) is 16.6 Å². The molecule has 0 radical (unpaired) electrons. The molecule has 1 amide bonds. The Bertz CT molecular complexity index is 1680. The van der Waals surface area contributed by atoms with Gasteiger partial charge in [-0.05, 0) is 68.5 Å². The smallest absolute Gasteiger partial charge is 0.326 e. The van der Waals surface area contributed by atoms with E-state index in [1.165, 1.54) is 12.1 Å². The predicted octanol–water partition coefficient (Wildman–Crippen LogP) is 3.98. The van der Waals surface area contributed by atoms with Crippen LogP contribution in [0.25, 0.3) is 10.9 Å². The van der Waals surface area contributed by atoms with Crippen molar-refractivity contribution in [2.45, 2.75) is 76.5 Å². The molecule has 0 aliphatic heterocycles. The standard InChI is InChI=1S/C31H41N7O5S/c1-30(2,3)23-9-11-24(12-10-23)44(41,42)37-25(28(40)43-31(4,5)6)20-35-27(39)21-8-13-26-22(18-21)19-36-38(26)17-7-14-32-29-33-15-16-34-29/h8-13,15-16,18-19,25,37H,7,14,17,20H2,1-6H3,(H,35,39)(H2,32,33,34)/t25-/m0/s1. The number of aromatic nitrogens is 4. The quantitative estimate of drug-likeness (QED) is 0.136. The first-order valence-electron chi connectivity index (χ1n) is 14.5. The maximum absolute atomic E-state index is 13.2. The molecule has 0 saturated carbocycles. The highest BCUT2D eigenvalue weighted by Crippen LogP contribution is 2.24. The molecular formula is C31H41N7O5S. The number of benzene rings is 2. The van der Waals surface area contributed by atoms with Crippen LogP contribution in [0.2, 0.25) is 0 Å². The van der Waals surface area contributed by atoms with Gasteiger partial charge in [0.1, 0.15) is 11.6 Å². The van der Waals surface area contributed by atoms with Crippen LogP contribution in [0.5, 0.6) is 0 Å². The fraction of sp³-hybridized carbons (Fsp3) is 0.419. The van der Waals surface area contributed by atoms with Crippen LogP contribution < -0.4 is 15.4 Å². The number of H-pyrrole nitrogens is 1. The molecule has 0 spiro atoms. The van der Waals surface area contributed by atoms with Gasteiger partial charge in [-0.3, -0.25) is 14.3 Å². The zero-order valence-electron chi connectivity index (χ0n) is 26.0. The lowest BCUT2D eigenvalue weighted by Crippen LogP contribution is -2.50. The van der Waals surface area contributed by atoms with Crippen molar-refractivity contribution in [2.75, 3.05) is 18.4 Å². The van der Waals surface area contributed by atoms with E-state index in [0.717, 1.165) is 22.9 Å². The average Bonchev–Trinajstić information content (AvgIpc) is 3.61. The molecule has 44 heavy (non-hydrogen) atoms. The number of nitrogens with one attached hydrogen (secondary N) is 4. The maximum Gasteiger partial charge on any atom is 0.326 e. The number of sulfonamides is 1. The summed E-state index contributed by atoms with van der Waals surface area (Å²) in [4.78, 5) is 33.3. The van der Waals surface area contributed by atoms with E-state index in [-0.39, 0.29) is 16.9 Å². The normalized spacial score (nSPS) is 13.0. The summed E-state index contributed by atoms with van der Waals surface area (Å²) >= 11 is 0. The largest absolute Gasteiger partial charge is 0.459 e. The van der Waals surface area contributed by atoms with Crippen molar-refractivity contribution in [3.8, 4) is 0 Å². The van der Waals surface area contributed by atoms with Crippen molar-refractivity contribution >= 4 is 38.8 Å². The van der Waals surface area contributed by atoms with Crippen molar-refractivity contribution < 1.29 is 22.7 Å². The lowest BCUT2D eigenvalue weighted by atomic mass is 9.87. The number of aromatic amines is 1. The van der Waals surface area contributed by atoms with Gasteiger partial charge in [-0.1, -0.05) is 32.9 Å². The molecule has 0 aliphatic carbocycles. The number of amides is 1. The second-order valence-corrected chi connectivity index (χ2v) is 14.3. The highest BCUT2D eigenvalue weighted by Gasteiger charge is 2.31. The number of nitrogens with zero attached hydrogens (tertiary/aromatic N) is 3. The number of carbonyl (C=O) groups excluding carboxylic acids is 2. The van der Waals surface area contributed by atoms with Gasteiger partial charge in [0, 0.05) is 43.0 Å². The van der Waals surface area contributed by atoms with Crippen LogP contribution >= 0.6 is 0 Å². The lowest BCUT2D eigenvalue weighted by molar-refractivity contribution is -0.156. The van der Waals surface area contributed by atoms with Crippen LogP contribution in [0, 0.1) is 0 Å². The molecule has 1 atom stereocenters. The first kappa shape index (κ1) is 32.7. The minimum atomic E-state index is -4.11. The third-order valence-corrected chi connectivity index (χ3v) is 8.22. The van der Waals surface area contributed by atoms with E-state index in [4.69, 9.17) is 4.74 Å². The van der Waals surface area contributed by atoms with Crippen LogP contribution in [0.3, 0.4) is 0 Å². The Morgan fingerprint density at radius 1 is 1.05 bits per heavy atom. The molecule has 2 heterocycles. The van der Waals surface area contributed by atoms with Crippen molar-refractivity contribution in [3.63, 3.8) is 0 Å². The van der Waals surface area contributed by atoms with E-state index in [1.807, 2.05) is 31.5 Å². The van der Waals surface area contributed by atoms with Crippen LogP contribution in [-0.4, -0.2) is 64.8 Å². The number of aryl methyl sites for hydroxylation is 1. The summed E-state index contributed by atoms with van der Waals surface area (Å²) < 4.78 is 36.2. The van der Waals surface area contributed by atoms with Gasteiger partial charge < -0.3 is 20.4 Å². The van der Waals surface area contributed by atoms with Gasteiger partial charge in [0.2, 0.25) is 10.0 Å². The third kappa shape index (κ3) is 8.66. The van der Waals surface area contributed by atoms with Crippen LogP contribution in [-0.2, 0) is 31.5 Å². The molecule has 0 saturated heterocycles. The Morgan fingerprint density at radius 2 is 1.77 bits per heavy atom. The van der Waals surface area contributed by atoms with Gasteiger partial charge in [-0.2, -0.15) is 9.82 Å². The number of ether oxygens (including phenoxy) is 1. The molecule has 2 aromatic carbocycles. The Kier molecular flexibility index (Phi) is 9.79. The van der Waals surface area contributed by atoms with E-state index >= 15 is 0 Å². The molecule has 0 fully saturated rings. The zero-order chi connectivity index (χ0) is 32.1. The summed E-state index contributed by atoms with van der Waals surface area (Å²) in [5.41, 5.74) is 1.17. The minimum absolute atomic E-state index is 0.00426. The van der Waals surface area contributed by atoms with Crippen molar-refractivity contribution in [1.82, 2.24) is 29.8 Å². The van der Waals surface area contributed by atoms with E-state index in [9.17, 15) is 18.0 Å². The third-order valence-electron chi connectivity index (χ3n) is 6.73. The van der Waals surface area contributed by atoms with Crippen molar-refractivity contribution in [1.29, 1.82) is 0 Å². The minimum Gasteiger partial charge on any atom is -0.459 e. The molecular weight excluding hydrogens is 582 g/mol. The van der Waals surface area contributed by atoms with Crippen molar-refractivity contribution in [2.24, 2.45) is 0 Å². The number of rotatable bonds is 12. The average molecular weight is 624 g/mol. The number of imidazole rings is 1. The number of hydrogen-bond acceptors (Lipinski definition) is 8. The summed E-state index contributed by atoms with van der Waals surface area (Å²) in [6, 6.07) is 10.3. The molecule has 0 aliphatic rings. The van der Waals surface area contributed by atoms with Gasteiger partial charge >= 0.3 is 5.97 Å². The molecule has 4 N–H and O–H groups in total. The topological polar surface area (TPSA) is 160 Å². The second-order valence-electron chi connectivity index (χ2n) is 12.6. The number of carbonyl (C=O) groups is 2. The molecule has 4 rings (SSSR count). The summed E-state index contributed by atoms with van der Waals surface area (Å²) in [6.45, 7) is 12.2.